The highest BCUT2D eigenvalue weighted by molar-refractivity contribution is 5.82. The van der Waals surface area contributed by atoms with Gasteiger partial charge in [0.1, 0.15) is 6.04 Å². The van der Waals surface area contributed by atoms with Crippen LogP contribution in [0.1, 0.15) is 51.9 Å². The maximum Gasteiger partial charge on any atom is 0.241 e. The van der Waals surface area contributed by atoms with Crippen LogP contribution in [0.4, 0.5) is 0 Å². The lowest BCUT2D eigenvalue weighted by Crippen LogP contribution is -2.49. The first kappa shape index (κ1) is 13.4. The lowest BCUT2D eigenvalue weighted by atomic mass is 9.93. The standard InChI is InChI=1S/C14H23N3O/c1-11-8-10-17(12-5-3-2-4-6-12)14(18)13(16-11)7-9-15/h11-13,16H,2-8,10H2,1H3. The molecule has 1 aliphatic carbocycles. The Bertz CT molecular complexity index is 330. The second kappa shape index (κ2) is 6.19. The van der Waals surface area contributed by atoms with Gasteiger partial charge in [0.15, 0.2) is 0 Å². The first-order valence-electron chi connectivity index (χ1n) is 7.16. The van der Waals surface area contributed by atoms with Crippen LogP contribution in [0, 0.1) is 11.3 Å². The van der Waals surface area contributed by atoms with Gasteiger partial charge < -0.3 is 10.2 Å². The number of hydrogen-bond donors (Lipinski definition) is 1. The number of carbonyl (C=O) groups excluding carboxylic acids is 1. The number of rotatable bonds is 2. The molecule has 1 heterocycles. The lowest BCUT2D eigenvalue weighted by molar-refractivity contribution is -0.135. The molecule has 0 radical (unpaired) electrons. The van der Waals surface area contributed by atoms with E-state index >= 15 is 0 Å². The van der Waals surface area contributed by atoms with Gasteiger partial charge in [-0.3, -0.25) is 4.79 Å². The quantitative estimate of drug-likeness (QED) is 0.812. The number of hydrogen-bond acceptors (Lipinski definition) is 3. The van der Waals surface area contributed by atoms with E-state index in [2.05, 4.69) is 23.2 Å². The molecule has 4 nitrogen and oxygen atoms in total. The molecule has 4 heteroatoms. The fourth-order valence-corrected chi connectivity index (χ4v) is 3.13. The molecule has 2 unspecified atom stereocenters. The van der Waals surface area contributed by atoms with Crippen molar-refractivity contribution in [3.63, 3.8) is 0 Å². The van der Waals surface area contributed by atoms with E-state index in [1.165, 1.54) is 19.3 Å². The van der Waals surface area contributed by atoms with E-state index in [0.717, 1.165) is 25.8 Å². The van der Waals surface area contributed by atoms with E-state index in [9.17, 15) is 4.79 Å². The van der Waals surface area contributed by atoms with E-state index in [1.807, 2.05) is 0 Å². The van der Waals surface area contributed by atoms with Crippen LogP contribution in [-0.2, 0) is 4.79 Å². The Morgan fingerprint density at radius 3 is 2.72 bits per heavy atom. The second-order valence-electron chi connectivity index (χ2n) is 5.59. The van der Waals surface area contributed by atoms with Crippen LogP contribution in [0.2, 0.25) is 0 Å². The van der Waals surface area contributed by atoms with Crippen molar-refractivity contribution in [2.24, 2.45) is 0 Å². The average molecular weight is 249 g/mol. The lowest BCUT2D eigenvalue weighted by Gasteiger charge is -2.34. The second-order valence-corrected chi connectivity index (χ2v) is 5.59. The van der Waals surface area contributed by atoms with Crippen LogP contribution in [-0.4, -0.2) is 35.5 Å². The predicted octanol–water partition coefficient (Wildman–Crippen LogP) is 1.81. The molecule has 1 N–H and O–H groups in total. The minimum atomic E-state index is -0.297. The summed E-state index contributed by atoms with van der Waals surface area (Å²) in [6.07, 6.45) is 7.32. The van der Waals surface area contributed by atoms with Crippen LogP contribution in [0.15, 0.2) is 0 Å². The highest BCUT2D eigenvalue weighted by atomic mass is 16.2. The zero-order valence-electron chi connectivity index (χ0n) is 11.2. The van der Waals surface area contributed by atoms with E-state index in [4.69, 9.17) is 5.26 Å². The van der Waals surface area contributed by atoms with Gasteiger partial charge in [-0.2, -0.15) is 5.26 Å². The Hall–Kier alpha value is -1.08. The molecule has 2 aliphatic rings. The number of amides is 1. The number of nitrogens with zero attached hydrogens (tertiary/aromatic N) is 2. The van der Waals surface area contributed by atoms with Crippen molar-refractivity contribution >= 4 is 5.91 Å². The van der Waals surface area contributed by atoms with E-state index in [1.54, 1.807) is 0 Å². The topological polar surface area (TPSA) is 56.1 Å². The highest BCUT2D eigenvalue weighted by Crippen LogP contribution is 2.25. The summed E-state index contributed by atoms with van der Waals surface area (Å²) < 4.78 is 0. The van der Waals surface area contributed by atoms with Crippen molar-refractivity contribution in [2.75, 3.05) is 6.54 Å². The first-order chi connectivity index (χ1) is 8.72. The van der Waals surface area contributed by atoms with Crippen molar-refractivity contribution in [3.8, 4) is 6.07 Å². The van der Waals surface area contributed by atoms with Gasteiger partial charge in [0.05, 0.1) is 12.5 Å². The normalized spacial score (nSPS) is 30.9. The number of nitrogens with one attached hydrogen (secondary N) is 1. The van der Waals surface area contributed by atoms with Gasteiger partial charge in [0.25, 0.3) is 0 Å². The predicted molar refractivity (Wildman–Crippen MR) is 69.8 cm³/mol. The Morgan fingerprint density at radius 2 is 2.06 bits per heavy atom. The third-order valence-electron chi connectivity index (χ3n) is 4.18. The van der Waals surface area contributed by atoms with E-state index in [0.29, 0.717) is 12.1 Å². The Labute approximate surface area is 109 Å². The largest absolute Gasteiger partial charge is 0.338 e. The third kappa shape index (κ3) is 3.02. The number of carbonyl (C=O) groups is 1. The Morgan fingerprint density at radius 1 is 1.33 bits per heavy atom. The molecule has 1 saturated heterocycles. The van der Waals surface area contributed by atoms with Crippen LogP contribution >= 0.6 is 0 Å². The van der Waals surface area contributed by atoms with Crippen LogP contribution in [0.5, 0.6) is 0 Å². The van der Waals surface area contributed by atoms with Gasteiger partial charge in [-0.15, -0.1) is 0 Å². The average Bonchev–Trinajstić information content (AvgIpc) is 2.52. The molecule has 18 heavy (non-hydrogen) atoms. The first-order valence-corrected chi connectivity index (χ1v) is 7.16. The van der Waals surface area contributed by atoms with Crippen LogP contribution in [0.3, 0.4) is 0 Å². The molecule has 2 rings (SSSR count). The summed E-state index contributed by atoms with van der Waals surface area (Å²) in [5, 5.41) is 12.1. The monoisotopic (exact) mass is 249 g/mol. The van der Waals surface area contributed by atoms with Gasteiger partial charge in [-0.1, -0.05) is 19.3 Å². The zero-order chi connectivity index (χ0) is 13.0. The molecular formula is C14H23N3O. The Kier molecular flexibility index (Phi) is 4.60. The molecule has 0 bridgehead atoms. The van der Waals surface area contributed by atoms with Crippen molar-refractivity contribution in [1.82, 2.24) is 10.2 Å². The van der Waals surface area contributed by atoms with Crippen molar-refractivity contribution in [3.05, 3.63) is 0 Å². The van der Waals surface area contributed by atoms with Gasteiger partial charge in [-0.25, -0.2) is 0 Å². The minimum absolute atomic E-state index is 0.146. The molecule has 2 atom stereocenters. The molecule has 1 saturated carbocycles. The van der Waals surface area contributed by atoms with Crippen LogP contribution < -0.4 is 5.32 Å². The number of nitriles is 1. The fraction of sp³-hybridized carbons (Fsp3) is 0.857. The molecule has 0 spiro atoms. The summed E-state index contributed by atoms with van der Waals surface area (Å²) in [4.78, 5) is 14.5. The minimum Gasteiger partial charge on any atom is -0.338 e. The molecule has 0 aromatic heterocycles. The maximum absolute atomic E-state index is 12.5. The molecule has 100 valence electrons. The molecule has 0 aromatic rings. The maximum atomic E-state index is 12.5. The molecule has 0 aromatic carbocycles. The SMILES string of the molecule is CC1CCN(C2CCCCC2)C(=O)C(CC#N)N1. The van der Waals surface area contributed by atoms with E-state index < -0.39 is 0 Å². The smallest absolute Gasteiger partial charge is 0.241 e. The summed E-state index contributed by atoms with van der Waals surface area (Å²) >= 11 is 0. The van der Waals surface area contributed by atoms with E-state index in [-0.39, 0.29) is 18.4 Å². The highest BCUT2D eigenvalue weighted by Gasteiger charge is 2.33. The molecule has 1 aliphatic heterocycles. The molecule has 2 fully saturated rings. The molecule has 1 amide bonds. The van der Waals surface area contributed by atoms with Crippen LogP contribution in [0.25, 0.3) is 0 Å². The zero-order valence-corrected chi connectivity index (χ0v) is 11.2. The third-order valence-corrected chi connectivity index (χ3v) is 4.18. The van der Waals surface area contributed by atoms with Crippen molar-refractivity contribution in [1.29, 1.82) is 5.26 Å². The van der Waals surface area contributed by atoms with Gasteiger partial charge in [0.2, 0.25) is 5.91 Å². The van der Waals surface area contributed by atoms with Crippen molar-refractivity contribution < 1.29 is 4.79 Å². The fourth-order valence-electron chi connectivity index (χ4n) is 3.13. The summed E-state index contributed by atoms with van der Waals surface area (Å²) in [7, 11) is 0. The summed E-state index contributed by atoms with van der Waals surface area (Å²) in [6.45, 7) is 2.95. The van der Waals surface area contributed by atoms with Gasteiger partial charge >= 0.3 is 0 Å². The van der Waals surface area contributed by atoms with Gasteiger partial charge in [-0.05, 0) is 26.2 Å². The summed E-state index contributed by atoms with van der Waals surface area (Å²) in [5.41, 5.74) is 0. The summed E-state index contributed by atoms with van der Waals surface area (Å²) in [6, 6.07) is 2.57. The van der Waals surface area contributed by atoms with Crippen molar-refractivity contribution in [2.45, 2.75) is 70.0 Å². The summed E-state index contributed by atoms with van der Waals surface area (Å²) in [5.74, 6) is 0.146. The Balaban J connectivity index is 2.07. The van der Waals surface area contributed by atoms with Gasteiger partial charge in [0, 0.05) is 18.6 Å². The molecular weight excluding hydrogens is 226 g/mol.